The number of aliphatic hydroxyl groups excluding tert-OH is 2. The highest BCUT2D eigenvalue weighted by molar-refractivity contribution is 5.90. The maximum atomic E-state index is 11.8. The van der Waals surface area contributed by atoms with E-state index in [4.69, 9.17) is 82.4 Å². The minimum absolute atomic E-state index is 0. The Morgan fingerprint density at radius 1 is 0.413 bits per heavy atom. The van der Waals surface area contributed by atoms with Crippen molar-refractivity contribution in [3.63, 3.8) is 0 Å². The quantitative estimate of drug-likeness (QED) is 0.0300. The Morgan fingerprint density at radius 3 is 1.03 bits per heavy atom. The topological polar surface area (TPSA) is 383 Å². The highest BCUT2D eigenvalue weighted by Gasteiger charge is 2.53. The van der Waals surface area contributed by atoms with Crippen molar-refractivity contribution in [3.05, 3.63) is 49.0 Å². The fraction of sp³-hybridized carbons (Fsp3) is 0.625. The van der Waals surface area contributed by atoms with Crippen molar-refractivity contribution in [2.75, 3.05) is 39.6 Å². The number of aliphatic hydroxyl groups is 2. The van der Waals surface area contributed by atoms with Crippen LogP contribution in [0.4, 0.5) is 0 Å². The number of carbonyl (C=O) groups excluding carboxylic acids is 7. The van der Waals surface area contributed by atoms with E-state index in [0.717, 1.165) is 18.2 Å². The average Bonchev–Trinajstić information content (AvgIpc) is 4.19. The zero-order valence-corrected chi connectivity index (χ0v) is 40.2. The molecule has 0 aromatic rings. The van der Waals surface area contributed by atoms with E-state index in [2.05, 4.69) is 13.2 Å². The van der Waals surface area contributed by atoms with Gasteiger partial charge in [0.05, 0.1) is 64.7 Å². The van der Waals surface area contributed by atoms with E-state index >= 15 is 0 Å². The predicted octanol–water partition coefficient (Wildman–Crippen LogP) is 1.46. The molecule has 0 bridgehead atoms. The first-order chi connectivity index (χ1) is 35.1. The molecule has 418 valence electrons. The second-order valence-electron chi connectivity index (χ2n) is 17.1. The lowest BCUT2D eigenvalue weighted by Gasteiger charge is -2.17. The van der Waals surface area contributed by atoms with Crippen LogP contribution in [0.25, 0.3) is 0 Å². The van der Waals surface area contributed by atoms with Gasteiger partial charge in [-0.3, -0.25) is 28.8 Å². The lowest BCUT2D eigenvalue weighted by atomic mass is 10.1. The Labute approximate surface area is 429 Å². The number of fused-ring (bicyclic) bond motifs is 3. The van der Waals surface area contributed by atoms with Gasteiger partial charge in [-0.2, -0.15) is 0 Å². The molecule has 0 spiro atoms. The van der Waals surface area contributed by atoms with E-state index in [1.54, 1.807) is 0 Å². The molecule has 0 aromatic heterocycles. The van der Waals surface area contributed by atoms with Gasteiger partial charge in [0, 0.05) is 50.3 Å². The van der Waals surface area contributed by atoms with Crippen LogP contribution in [-0.2, 0) is 105 Å². The molecule has 12 atom stereocenters. The number of ketones is 1. The van der Waals surface area contributed by atoms with Crippen LogP contribution in [0, 0.1) is 0 Å². The van der Waals surface area contributed by atoms with Gasteiger partial charge in [-0.1, -0.05) is 20.6 Å². The third-order valence-electron chi connectivity index (χ3n) is 11.2. The number of hydrogen-bond acceptors (Lipinski definition) is 24. The number of hydrogen-bond donors (Lipinski definition) is 5. The van der Waals surface area contributed by atoms with Crippen LogP contribution < -0.4 is 0 Å². The summed E-state index contributed by atoms with van der Waals surface area (Å²) in [6.45, 7) is 8.56. The van der Waals surface area contributed by atoms with Gasteiger partial charge in [-0.25, -0.2) is 14.4 Å². The van der Waals surface area contributed by atoms with Crippen LogP contribution in [0.15, 0.2) is 49.0 Å². The molecule has 6 aliphatic heterocycles. The van der Waals surface area contributed by atoms with Crippen LogP contribution in [0.2, 0.25) is 0 Å². The zero-order chi connectivity index (χ0) is 54.5. The molecule has 0 radical (unpaired) electrons. The molecule has 6 saturated heterocycles. The number of carboxylic acid groups (broad SMARTS) is 3. The number of carbonyl (C=O) groups is 10. The fourth-order valence-electron chi connectivity index (χ4n) is 7.81. The second-order valence-corrected chi connectivity index (χ2v) is 17.1. The van der Waals surface area contributed by atoms with Gasteiger partial charge in [0.1, 0.15) is 48.2 Å². The molecule has 5 N–H and O–H groups in total. The van der Waals surface area contributed by atoms with Crippen LogP contribution >= 0.6 is 0 Å². The molecule has 75 heavy (non-hydrogen) atoms. The smallest absolute Gasteiger partial charge is 0.331 e. The third-order valence-corrected chi connectivity index (χ3v) is 11.2. The summed E-state index contributed by atoms with van der Waals surface area (Å²) in [5.74, 6) is -7.29. The van der Waals surface area contributed by atoms with Crippen LogP contribution in [0.3, 0.4) is 0 Å². The van der Waals surface area contributed by atoms with Gasteiger partial charge in [0.2, 0.25) is 0 Å². The number of rotatable bonds is 24. The molecule has 0 aliphatic carbocycles. The van der Waals surface area contributed by atoms with Gasteiger partial charge < -0.3 is 87.2 Å². The van der Waals surface area contributed by atoms with Gasteiger partial charge in [-0.05, 0) is 25.8 Å². The van der Waals surface area contributed by atoms with E-state index in [1.807, 2.05) is 0 Å². The van der Waals surface area contributed by atoms with Crippen molar-refractivity contribution >= 4 is 59.5 Å². The summed E-state index contributed by atoms with van der Waals surface area (Å²) < 4.78 is 64.3. The minimum Gasteiger partial charge on any atom is -0.513 e. The average molecular weight is 1070 g/mol. The summed E-state index contributed by atoms with van der Waals surface area (Å²) in [6.07, 6.45) is -2.98. The zero-order valence-electron chi connectivity index (χ0n) is 40.2. The van der Waals surface area contributed by atoms with Crippen molar-refractivity contribution in [2.24, 2.45) is 0 Å². The van der Waals surface area contributed by atoms with Gasteiger partial charge in [-0.15, -0.1) is 0 Å². The van der Waals surface area contributed by atoms with Crippen molar-refractivity contribution in [1.82, 2.24) is 0 Å². The minimum atomic E-state index is -1.27. The molecular weight excluding hydrogens is 1010 g/mol. The molecule has 27 heteroatoms. The van der Waals surface area contributed by atoms with Crippen molar-refractivity contribution in [1.29, 1.82) is 0 Å². The van der Waals surface area contributed by atoms with E-state index in [-0.39, 0.29) is 116 Å². The number of Topliss-reactive ketones (excluding diaryl/α,β-unsaturated/α-hetero) is 1. The number of aliphatic carboxylic acids is 3. The fourth-order valence-corrected chi connectivity index (χ4v) is 7.81. The summed E-state index contributed by atoms with van der Waals surface area (Å²) >= 11 is 0. The van der Waals surface area contributed by atoms with Gasteiger partial charge >= 0.3 is 53.7 Å². The Morgan fingerprint density at radius 2 is 0.720 bits per heavy atom. The van der Waals surface area contributed by atoms with Gasteiger partial charge in [0.15, 0.2) is 36.6 Å². The summed E-state index contributed by atoms with van der Waals surface area (Å²) in [6, 6.07) is 0. The summed E-state index contributed by atoms with van der Waals surface area (Å²) in [4.78, 5) is 112. The molecule has 0 saturated carbocycles. The first kappa shape index (κ1) is 62.5. The lowest BCUT2D eigenvalue weighted by molar-refractivity contribution is -0.157. The maximum absolute atomic E-state index is 11.8. The molecular formula is C48H64O27. The molecule has 0 amide bonds. The summed E-state index contributed by atoms with van der Waals surface area (Å²) in [5.41, 5.74) is 0. The predicted molar refractivity (Wildman–Crippen MR) is 246 cm³/mol. The van der Waals surface area contributed by atoms with E-state index in [0.29, 0.717) is 18.9 Å². The molecule has 6 aliphatic rings. The Bertz CT molecular complexity index is 1970. The first-order valence-corrected chi connectivity index (χ1v) is 23.3. The molecule has 6 heterocycles. The Hall–Kier alpha value is -6.78. The summed E-state index contributed by atoms with van der Waals surface area (Å²) in [5, 5.41) is 43.4. The normalized spacial score (nSPS) is 27.6. The second kappa shape index (κ2) is 31.2. The van der Waals surface area contributed by atoms with Crippen molar-refractivity contribution < 1.29 is 130 Å². The highest BCUT2D eigenvalue weighted by Crippen LogP contribution is 2.33. The molecule has 27 nitrogen and oxygen atoms in total. The van der Waals surface area contributed by atoms with Crippen molar-refractivity contribution in [2.45, 2.75) is 152 Å². The molecule has 0 unspecified atom stereocenters. The van der Waals surface area contributed by atoms with Crippen molar-refractivity contribution in [3.8, 4) is 0 Å². The number of esters is 6. The third kappa shape index (κ3) is 21.5. The Kier molecular flexibility index (Phi) is 26.0. The van der Waals surface area contributed by atoms with E-state index < -0.39 is 127 Å². The standard InChI is InChI=1S/C17H24O9.C15H20O9.C15H16O9.CH4/c1-10(18)4-2-6-14(21)25-11-8-23-17-12(9-24-16(11)17)26-15(22)7-3-5-13(19)20;2*1-8(16)2-4-12(19)23-9-6-21-15-10(7-22-14(9)15)24-13(20)5-3-11(17)18;/h11-12,16-17H,2-9H2,1H3,(H,19,20);9-10,14-16H,1-7H2,(H,17,18);2-5,9-10,14-16H,1,6-7H2,(H,17,18);1H4/t11-,12+,16+,17+;2*9-,10+,14+,15+;/m000./s1. The first-order valence-electron chi connectivity index (χ1n) is 23.3. The largest absolute Gasteiger partial charge is 0.513 e. The molecule has 6 rings (SSSR count). The van der Waals surface area contributed by atoms with Crippen LogP contribution in [0.5, 0.6) is 0 Å². The summed E-state index contributed by atoms with van der Waals surface area (Å²) in [7, 11) is 0. The highest BCUT2D eigenvalue weighted by atomic mass is 16.7. The SMILES string of the molecule is C.C=C(O)C=CC(=O)O[C@H]1CO[C@H]2[C@@H]1OC[C@H]2OC(=O)C=CC(=O)O.C=C(O)CCC(=O)O[C@H]1CO[C@H]2[C@@H]1OC[C@H]2OC(=O)CCC(=O)O.CC(=O)CCCC(=O)O[C@H]1CO[C@H]2[C@@H]1OC[C@H]2OC(=O)CCCC(=O)O. The van der Waals surface area contributed by atoms with Crippen LogP contribution in [-0.4, -0.2) is 198 Å². The monoisotopic (exact) mass is 1070 g/mol. The lowest BCUT2D eigenvalue weighted by Crippen LogP contribution is -2.36. The molecule has 0 aromatic carbocycles. The number of allylic oxidation sites excluding steroid dienone is 2. The number of ether oxygens (including phenoxy) is 12. The number of carboxylic acids is 3. The van der Waals surface area contributed by atoms with E-state index in [1.165, 1.54) is 6.92 Å². The van der Waals surface area contributed by atoms with Gasteiger partial charge in [0.25, 0.3) is 0 Å². The molecule has 6 fully saturated rings. The maximum Gasteiger partial charge on any atom is 0.331 e. The Balaban J connectivity index is 0.000000295. The van der Waals surface area contributed by atoms with E-state index in [9.17, 15) is 47.9 Å². The van der Waals surface area contributed by atoms with Crippen LogP contribution in [0.1, 0.15) is 78.6 Å².